The van der Waals surface area contributed by atoms with Gasteiger partial charge in [0.25, 0.3) is 0 Å². The van der Waals surface area contributed by atoms with Crippen LogP contribution >= 0.6 is 0 Å². The second-order valence-corrected chi connectivity index (χ2v) is 4.00. The fourth-order valence-electron chi connectivity index (χ4n) is 1.68. The van der Waals surface area contributed by atoms with E-state index in [4.69, 9.17) is 4.74 Å². The molecule has 1 aromatic carbocycles. The molecule has 0 radical (unpaired) electrons. The molecule has 0 unspecified atom stereocenters. The number of nitrogens with one attached hydrogen (secondary N) is 1. The van der Waals surface area contributed by atoms with Crippen LogP contribution in [-0.2, 0) is 0 Å². The lowest BCUT2D eigenvalue weighted by Gasteiger charge is -2.15. The van der Waals surface area contributed by atoms with Crippen molar-refractivity contribution in [3.63, 3.8) is 0 Å². The lowest BCUT2D eigenvalue weighted by molar-refractivity contribution is 0.278. The molecule has 1 aliphatic rings. The fraction of sp³-hybridized carbons (Fsp3) is 0.333. The van der Waals surface area contributed by atoms with Gasteiger partial charge in [0.05, 0.1) is 0 Å². The monoisotopic (exact) mass is 279 g/mol. The minimum absolute atomic E-state index is 0.208. The molecule has 7 heteroatoms. The highest BCUT2D eigenvalue weighted by molar-refractivity contribution is 5.30. The second kappa shape index (κ2) is 5.56. The summed E-state index contributed by atoms with van der Waals surface area (Å²) in [5, 5.41) is 3.01. The molecule has 104 valence electrons. The van der Waals surface area contributed by atoms with Gasteiger partial charge in [-0.25, -0.2) is 13.2 Å². The number of ether oxygens (including phenoxy) is 1. The Balaban J connectivity index is 2.23. The number of hydrogen-bond donors (Lipinski definition) is 1. The van der Waals surface area contributed by atoms with E-state index in [1.54, 1.807) is 6.08 Å². The molecule has 1 N–H and O–H groups in total. The van der Waals surface area contributed by atoms with Crippen molar-refractivity contribution in [1.82, 2.24) is 5.32 Å². The number of halogens is 5. The van der Waals surface area contributed by atoms with Gasteiger partial charge in [-0.3, -0.25) is 0 Å². The molecule has 0 amide bonds. The second-order valence-electron chi connectivity index (χ2n) is 4.00. The summed E-state index contributed by atoms with van der Waals surface area (Å²) in [5.74, 6) is -11.3. The van der Waals surface area contributed by atoms with Gasteiger partial charge in [0.1, 0.15) is 6.61 Å². The molecule has 0 aromatic heterocycles. The van der Waals surface area contributed by atoms with Crippen molar-refractivity contribution in [2.45, 2.75) is 6.42 Å². The van der Waals surface area contributed by atoms with E-state index in [9.17, 15) is 22.0 Å². The van der Waals surface area contributed by atoms with E-state index in [2.05, 4.69) is 5.32 Å². The minimum atomic E-state index is -2.19. The highest BCUT2D eigenvalue weighted by atomic mass is 19.2. The van der Waals surface area contributed by atoms with E-state index in [0.29, 0.717) is 19.5 Å². The molecule has 0 bridgehead atoms. The van der Waals surface area contributed by atoms with Crippen LogP contribution in [-0.4, -0.2) is 19.7 Å². The van der Waals surface area contributed by atoms with Crippen LogP contribution in [0.4, 0.5) is 22.0 Å². The molecule has 2 nitrogen and oxygen atoms in total. The van der Waals surface area contributed by atoms with E-state index in [1.165, 1.54) is 0 Å². The van der Waals surface area contributed by atoms with Gasteiger partial charge in [-0.05, 0) is 18.5 Å². The Kier molecular flexibility index (Phi) is 4.04. The first kappa shape index (κ1) is 13.8. The van der Waals surface area contributed by atoms with Crippen LogP contribution in [0, 0.1) is 29.1 Å². The molecule has 0 saturated heterocycles. The molecule has 0 atom stereocenters. The summed E-state index contributed by atoms with van der Waals surface area (Å²) < 4.78 is 69.9. The van der Waals surface area contributed by atoms with Gasteiger partial charge >= 0.3 is 0 Å². The molecule has 0 fully saturated rings. The maximum absolute atomic E-state index is 13.3. The van der Waals surface area contributed by atoms with E-state index in [-0.39, 0.29) is 6.61 Å². The Morgan fingerprint density at radius 3 is 2.05 bits per heavy atom. The van der Waals surface area contributed by atoms with Gasteiger partial charge in [0, 0.05) is 6.54 Å². The first-order valence-corrected chi connectivity index (χ1v) is 5.55. The SMILES string of the molecule is Fc1c(F)c(F)c(OCC2=CCNCC2)c(F)c1F. The van der Waals surface area contributed by atoms with Gasteiger partial charge in [-0.2, -0.15) is 8.78 Å². The van der Waals surface area contributed by atoms with Crippen LogP contribution in [0.15, 0.2) is 11.6 Å². The molecule has 1 heterocycles. The summed E-state index contributed by atoms with van der Waals surface area (Å²) in [5.41, 5.74) is 0.739. The van der Waals surface area contributed by atoms with Gasteiger partial charge < -0.3 is 10.1 Å². The zero-order valence-electron chi connectivity index (χ0n) is 9.70. The minimum Gasteiger partial charge on any atom is -0.483 e. The Labute approximate surface area is 105 Å². The summed E-state index contributed by atoms with van der Waals surface area (Å²) in [4.78, 5) is 0. The number of hydrogen-bond acceptors (Lipinski definition) is 2. The maximum atomic E-state index is 13.3. The Morgan fingerprint density at radius 2 is 1.53 bits per heavy atom. The largest absolute Gasteiger partial charge is 0.483 e. The highest BCUT2D eigenvalue weighted by Gasteiger charge is 2.27. The topological polar surface area (TPSA) is 21.3 Å². The zero-order valence-corrected chi connectivity index (χ0v) is 9.70. The predicted octanol–water partition coefficient (Wildman–Crippen LogP) is 2.68. The van der Waals surface area contributed by atoms with Crippen molar-refractivity contribution in [2.24, 2.45) is 0 Å². The number of rotatable bonds is 3. The summed E-state index contributed by atoms with van der Waals surface area (Å²) >= 11 is 0. The normalized spacial score (nSPS) is 15.3. The van der Waals surface area contributed by atoms with E-state index in [1.807, 2.05) is 0 Å². The Bertz CT molecular complexity index is 500. The average molecular weight is 279 g/mol. The molecule has 0 aliphatic carbocycles. The first-order valence-electron chi connectivity index (χ1n) is 5.55. The van der Waals surface area contributed by atoms with Crippen LogP contribution in [0.3, 0.4) is 0 Å². The van der Waals surface area contributed by atoms with Crippen LogP contribution < -0.4 is 10.1 Å². The standard InChI is InChI=1S/C12H10F5NO/c13-7-8(14)10(16)12(11(17)9(7)15)19-5-6-1-3-18-4-2-6/h1,18H,2-5H2. The summed E-state index contributed by atoms with van der Waals surface area (Å²) in [7, 11) is 0. The molecular formula is C12H10F5NO. The molecule has 0 spiro atoms. The van der Waals surface area contributed by atoms with E-state index < -0.39 is 34.8 Å². The van der Waals surface area contributed by atoms with Crippen molar-refractivity contribution >= 4 is 0 Å². The summed E-state index contributed by atoms with van der Waals surface area (Å²) in [6, 6.07) is 0. The third kappa shape index (κ3) is 2.70. The quantitative estimate of drug-likeness (QED) is 0.397. The van der Waals surface area contributed by atoms with Crippen molar-refractivity contribution < 1.29 is 26.7 Å². The van der Waals surface area contributed by atoms with Crippen LogP contribution in [0.25, 0.3) is 0 Å². The van der Waals surface area contributed by atoms with Crippen molar-refractivity contribution in [2.75, 3.05) is 19.7 Å². The maximum Gasteiger partial charge on any atom is 0.207 e. The van der Waals surface area contributed by atoms with Gasteiger partial charge in [-0.15, -0.1) is 0 Å². The first-order chi connectivity index (χ1) is 9.02. The average Bonchev–Trinajstić information content (AvgIpc) is 2.44. The van der Waals surface area contributed by atoms with Crippen molar-refractivity contribution in [3.8, 4) is 5.75 Å². The summed E-state index contributed by atoms with van der Waals surface area (Å²) in [6.07, 6.45) is 2.34. The Hall–Kier alpha value is -1.63. The predicted molar refractivity (Wildman–Crippen MR) is 57.3 cm³/mol. The van der Waals surface area contributed by atoms with Gasteiger partial charge in [-0.1, -0.05) is 6.08 Å². The van der Waals surface area contributed by atoms with Crippen LogP contribution in [0.5, 0.6) is 5.75 Å². The molecule has 1 aliphatic heterocycles. The molecule has 0 saturated carbocycles. The summed E-state index contributed by atoms with van der Waals surface area (Å²) in [6.45, 7) is 1.04. The lowest BCUT2D eigenvalue weighted by atomic mass is 10.1. The zero-order chi connectivity index (χ0) is 14.0. The van der Waals surface area contributed by atoms with Crippen molar-refractivity contribution in [3.05, 3.63) is 40.7 Å². The third-order valence-electron chi connectivity index (χ3n) is 2.73. The molecular weight excluding hydrogens is 269 g/mol. The molecule has 1 aromatic rings. The van der Waals surface area contributed by atoms with E-state index in [0.717, 1.165) is 5.57 Å². The van der Waals surface area contributed by atoms with Crippen molar-refractivity contribution in [1.29, 1.82) is 0 Å². The third-order valence-corrected chi connectivity index (χ3v) is 2.73. The van der Waals surface area contributed by atoms with Crippen LogP contribution in [0.1, 0.15) is 6.42 Å². The lowest BCUT2D eigenvalue weighted by Crippen LogP contribution is -2.23. The number of benzene rings is 1. The molecule has 2 rings (SSSR count). The highest BCUT2D eigenvalue weighted by Crippen LogP contribution is 2.29. The van der Waals surface area contributed by atoms with Crippen LogP contribution in [0.2, 0.25) is 0 Å². The molecule has 19 heavy (non-hydrogen) atoms. The van der Waals surface area contributed by atoms with Gasteiger partial charge in [0.2, 0.25) is 29.1 Å². The smallest absolute Gasteiger partial charge is 0.207 e. The fourth-order valence-corrected chi connectivity index (χ4v) is 1.68. The van der Waals surface area contributed by atoms with Gasteiger partial charge in [0.15, 0.2) is 5.75 Å². The Morgan fingerprint density at radius 1 is 0.947 bits per heavy atom. The van der Waals surface area contributed by atoms with E-state index >= 15 is 0 Å².